The Balaban J connectivity index is 1.25. The Morgan fingerprint density at radius 1 is 1.00 bits per heavy atom. The van der Waals surface area contributed by atoms with Gasteiger partial charge in [0.25, 0.3) is 5.56 Å². The summed E-state index contributed by atoms with van der Waals surface area (Å²) in [5, 5.41) is 3.86. The lowest BCUT2D eigenvalue weighted by atomic mass is 9.96. The second-order valence-corrected chi connectivity index (χ2v) is 10.6. The first kappa shape index (κ1) is 24.3. The molecule has 3 aromatic carbocycles. The van der Waals surface area contributed by atoms with E-state index in [2.05, 4.69) is 28.3 Å². The SMILES string of the molecule is Cc1nc(CC2CC2)c(Cc2ccc(-c3ccccc3-c3noc(=O)[nH]3)cc2)c(=O)n1-c1ccc2c(c1)CCO2. The smallest absolute Gasteiger partial charge is 0.439 e. The molecule has 3 heterocycles. The normalized spacial score (nSPS) is 14.2. The Morgan fingerprint density at radius 2 is 1.80 bits per heavy atom. The lowest BCUT2D eigenvalue weighted by Gasteiger charge is -2.16. The number of ether oxygens (including phenoxy) is 1. The van der Waals surface area contributed by atoms with E-state index in [0.717, 1.165) is 63.4 Å². The summed E-state index contributed by atoms with van der Waals surface area (Å²) in [6.07, 6.45) is 4.57. The molecule has 0 bridgehead atoms. The molecule has 1 saturated carbocycles. The summed E-state index contributed by atoms with van der Waals surface area (Å²) in [5.74, 6) is 2.01. The summed E-state index contributed by atoms with van der Waals surface area (Å²) in [6, 6.07) is 21.8. The van der Waals surface area contributed by atoms with Crippen molar-refractivity contribution in [1.82, 2.24) is 19.7 Å². The van der Waals surface area contributed by atoms with Crippen LogP contribution in [0.5, 0.6) is 5.75 Å². The number of aromatic nitrogens is 4. The van der Waals surface area contributed by atoms with E-state index in [1.54, 1.807) is 4.57 Å². The number of hydrogen-bond acceptors (Lipinski definition) is 6. The number of aromatic amines is 1. The summed E-state index contributed by atoms with van der Waals surface area (Å²) >= 11 is 0. The molecule has 0 saturated heterocycles. The van der Waals surface area contributed by atoms with E-state index in [9.17, 15) is 9.59 Å². The van der Waals surface area contributed by atoms with Gasteiger partial charge in [0, 0.05) is 24.0 Å². The molecule has 0 unspecified atom stereocenters. The van der Waals surface area contributed by atoms with Crippen molar-refractivity contribution in [3.8, 4) is 34.0 Å². The highest BCUT2D eigenvalue weighted by Crippen LogP contribution is 2.34. The minimum atomic E-state index is -0.590. The van der Waals surface area contributed by atoms with Crippen LogP contribution in [0, 0.1) is 12.8 Å². The third-order valence-electron chi connectivity index (χ3n) is 7.81. The monoisotopic (exact) mass is 532 g/mol. The van der Waals surface area contributed by atoms with Crippen molar-refractivity contribution in [2.24, 2.45) is 5.92 Å². The van der Waals surface area contributed by atoms with Gasteiger partial charge in [-0.15, -0.1) is 0 Å². The first-order valence-corrected chi connectivity index (χ1v) is 13.7. The highest BCUT2D eigenvalue weighted by molar-refractivity contribution is 5.80. The van der Waals surface area contributed by atoms with Gasteiger partial charge in [-0.1, -0.05) is 53.7 Å². The van der Waals surface area contributed by atoms with Crippen LogP contribution in [0.15, 0.2) is 80.8 Å². The van der Waals surface area contributed by atoms with Crippen molar-refractivity contribution < 1.29 is 9.26 Å². The van der Waals surface area contributed by atoms with Crippen molar-refractivity contribution in [2.75, 3.05) is 6.61 Å². The van der Waals surface area contributed by atoms with Gasteiger partial charge in [0.2, 0.25) is 0 Å². The van der Waals surface area contributed by atoms with Gasteiger partial charge in [0.15, 0.2) is 5.82 Å². The fourth-order valence-corrected chi connectivity index (χ4v) is 5.57. The lowest BCUT2D eigenvalue weighted by Crippen LogP contribution is -2.28. The zero-order chi connectivity index (χ0) is 27.2. The van der Waals surface area contributed by atoms with Crippen LogP contribution in [0.25, 0.3) is 28.2 Å². The van der Waals surface area contributed by atoms with E-state index < -0.39 is 5.76 Å². The highest BCUT2D eigenvalue weighted by Gasteiger charge is 2.26. The molecule has 0 spiro atoms. The molecule has 1 aliphatic heterocycles. The van der Waals surface area contributed by atoms with Gasteiger partial charge < -0.3 is 4.74 Å². The molecule has 0 radical (unpaired) electrons. The predicted molar refractivity (Wildman–Crippen MR) is 151 cm³/mol. The van der Waals surface area contributed by atoms with Crippen molar-refractivity contribution in [3.63, 3.8) is 0 Å². The molecule has 1 fully saturated rings. The first-order valence-electron chi connectivity index (χ1n) is 13.7. The van der Waals surface area contributed by atoms with Gasteiger partial charge in [-0.05, 0) is 72.6 Å². The minimum Gasteiger partial charge on any atom is -0.493 e. The molecule has 0 amide bonds. The second kappa shape index (κ2) is 9.79. The fraction of sp³-hybridized carbons (Fsp3) is 0.250. The summed E-state index contributed by atoms with van der Waals surface area (Å²) in [5.41, 5.74) is 7.32. The van der Waals surface area contributed by atoms with Gasteiger partial charge in [0.05, 0.1) is 18.0 Å². The van der Waals surface area contributed by atoms with Crippen LogP contribution in [0.3, 0.4) is 0 Å². The van der Waals surface area contributed by atoms with Crippen molar-refractivity contribution in [3.05, 3.63) is 116 Å². The number of aryl methyl sites for hydroxylation is 1. The molecule has 8 nitrogen and oxygen atoms in total. The molecule has 2 aliphatic rings. The molecule has 8 heteroatoms. The molecule has 2 aromatic heterocycles. The van der Waals surface area contributed by atoms with Gasteiger partial charge in [-0.3, -0.25) is 18.9 Å². The third-order valence-corrected chi connectivity index (χ3v) is 7.81. The summed E-state index contributed by atoms with van der Waals surface area (Å²) in [7, 11) is 0. The molecular formula is C32H28N4O4. The van der Waals surface area contributed by atoms with Gasteiger partial charge in [-0.2, -0.15) is 0 Å². The van der Waals surface area contributed by atoms with E-state index in [4.69, 9.17) is 14.2 Å². The summed E-state index contributed by atoms with van der Waals surface area (Å²) in [6.45, 7) is 2.59. The number of benzene rings is 3. The predicted octanol–water partition coefficient (Wildman–Crippen LogP) is 5.03. The van der Waals surface area contributed by atoms with Crippen LogP contribution in [-0.2, 0) is 19.3 Å². The molecule has 5 aromatic rings. The van der Waals surface area contributed by atoms with Gasteiger partial charge in [0.1, 0.15) is 11.6 Å². The number of rotatable bonds is 7. The Morgan fingerprint density at radius 3 is 2.55 bits per heavy atom. The maximum Gasteiger partial charge on any atom is 0.439 e. The Hall–Kier alpha value is -4.72. The van der Waals surface area contributed by atoms with E-state index in [-0.39, 0.29) is 5.56 Å². The Kier molecular flexibility index (Phi) is 5.95. The maximum absolute atomic E-state index is 14.1. The topological polar surface area (TPSA) is 103 Å². The van der Waals surface area contributed by atoms with Gasteiger partial charge in [-0.25, -0.2) is 9.78 Å². The van der Waals surface area contributed by atoms with Crippen LogP contribution < -0.4 is 16.1 Å². The number of fused-ring (bicyclic) bond motifs is 1. The van der Waals surface area contributed by atoms with E-state index in [0.29, 0.717) is 30.6 Å². The molecule has 7 rings (SSSR count). The van der Waals surface area contributed by atoms with Crippen molar-refractivity contribution in [1.29, 1.82) is 0 Å². The zero-order valence-electron chi connectivity index (χ0n) is 22.1. The average molecular weight is 533 g/mol. The number of hydrogen-bond donors (Lipinski definition) is 1. The van der Waals surface area contributed by atoms with Crippen LogP contribution in [-0.4, -0.2) is 26.3 Å². The molecular weight excluding hydrogens is 504 g/mol. The summed E-state index contributed by atoms with van der Waals surface area (Å²) in [4.78, 5) is 33.2. The van der Waals surface area contributed by atoms with Crippen LogP contribution in [0.4, 0.5) is 0 Å². The zero-order valence-corrected chi connectivity index (χ0v) is 22.1. The van der Waals surface area contributed by atoms with Crippen LogP contribution >= 0.6 is 0 Å². The molecule has 200 valence electrons. The van der Waals surface area contributed by atoms with Crippen LogP contribution in [0.2, 0.25) is 0 Å². The van der Waals surface area contributed by atoms with Crippen LogP contribution in [0.1, 0.15) is 41.1 Å². The quantitative estimate of drug-likeness (QED) is 0.315. The highest BCUT2D eigenvalue weighted by atomic mass is 16.5. The second-order valence-electron chi connectivity index (χ2n) is 10.6. The van der Waals surface area contributed by atoms with E-state index in [1.165, 1.54) is 12.8 Å². The number of nitrogens with zero attached hydrogens (tertiary/aromatic N) is 3. The first-order chi connectivity index (χ1) is 19.5. The molecule has 40 heavy (non-hydrogen) atoms. The largest absolute Gasteiger partial charge is 0.493 e. The molecule has 1 aliphatic carbocycles. The maximum atomic E-state index is 14.1. The van der Waals surface area contributed by atoms with E-state index in [1.807, 2.05) is 55.5 Å². The van der Waals surface area contributed by atoms with Crippen molar-refractivity contribution >= 4 is 0 Å². The Bertz CT molecular complexity index is 1840. The van der Waals surface area contributed by atoms with Crippen molar-refractivity contribution in [2.45, 2.75) is 39.0 Å². The third kappa shape index (κ3) is 4.55. The number of nitrogens with one attached hydrogen (secondary N) is 1. The number of H-pyrrole nitrogens is 1. The Labute approximate surface area is 230 Å². The van der Waals surface area contributed by atoms with Gasteiger partial charge >= 0.3 is 5.76 Å². The minimum absolute atomic E-state index is 0.00794. The van der Waals surface area contributed by atoms with E-state index >= 15 is 0 Å². The summed E-state index contributed by atoms with van der Waals surface area (Å²) < 4.78 is 12.1. The lowest BCUT2D eigenvalue weighted by molar-refractivity contribution is 0.357. The standard InChI is InChI=1S/C32H28N4O4/c1-19-33-28(17-21-6-7-21)27(31(37)36(19)24-12-13-29-23(18-24)14-15-39-29)16-20-8-10-22(11-9-20)25-4-2-3-5-26(25)30-34-32(38)40-35-30/h2-5,8-13,18,21H,6-7,14-17H2,1H3,(H,34,35,38). The molecule has 0 atom stereocenters. The average Bonchev–Trinajstić information content (AvgIpc) is 3.47. The fourth-order valence-electron chi connectivity index (χ4n) is 5.57. The molecule has 1 N–H and O–H groups in total.